The van der Waals surface area contributed by atoms with Gasteiger partial charge in [0.15, 0.2) is 5.96 Å². The first-order valence-corrected chi connectivity index (χ1v) is 10.1. The summed E-state index contributed by atoms with van der Waals surface area (Å²) in [6.07, 6.45) is 7.30. The molecule has 0 atom stereocenters. The van der Waals surface area contributed by atoms with E-state index in [1.807, 2.05) is 0 Å². The van der Waals surface area contributed by atoms with E-state index in [0.717, 1.165) is 63.5 Å². The van der Waals surface area contributed by atoms with E-state index in [-0.39, 0.29) is 35.9 Å². The van der Waals surface area contributed by atoms with E-state index in [2.05, 4.69) is 22.0 Å². The van der Waals surface area contributed by atoms with Crippen molar-refractivity contribution in [2.75, 3.05) is 46.4 Å². The third-order valence-corrected chi connectivity index (χ3v) is 5.57. The highest BCUT2D eigenvalue weighted by molar-refractivity contribution is 14.0. The first-order chi connectivity index (χ1) is 12.2. The van der Waals surface area contributed by atoms with E-state index in [1.165, 1.54) is 39.3 Å². The van der Waals surface area contributed by atoms with Crippen LogP contribution in [-0.4, -0.2) is 74.1 Å². The molecule has 1 aliphatic heterocycles. The maximum absolute atomic E-state index is 11.7. The van der Waals surface area contributed by atoms with Crippen molar-refractivity contribution in [1.82, 2.24) is 15.1 Å². The summed E-state index contributed by atoms with van der Waals surface area (Å²) < 4.78 is 4.88. The van der Waals surface area contributed by atoms with Gasteiger partial charge in [0.05, 0.1) is 19.6 Å². The van der Waals surface area contributed by atoms with Crippen molar-refractivity contribution in [1.29, 1.82) is 0 Å². The van der Waals surface area contributed by atoms with Gasteiger partial charge in [-0.15, -0.1) is 24.0 Å². The summed E-state index contributed by atoms with van der Waals surface area (Å²) >= 11 is 0. The number of aliphatic imine (C=N–C) groups is 1. The zero-order valence-corrected chi connectivity index (χ0v) is 18.6. The molecule has 26 heavy (non-hydrogen) atoms. The lowest BCUT2D eigenvalue weighted by Gasteiger charge is -2.33. The summed E-state index contributed by atoms with van der Waals surface area (Å²) in [7, 11) is 1.48. The van der Waals surface area contributed by atoms with E-state index in [1.54, 1.807) is 0 Å². The second-order valence-electron chi connectivity index (χ2n) is 7.69. The molecule has 0 aromatic rings. The highest BCUT2D eigenvalue weighted by atomic mass is 127. The number of methoxy groups -OCH3 is 1. The molecule has 0 spiro atoms. The monoisotopic (exact) mass is 478 g/mol. The smallest absolute Gasteiger partial charge is 0.308 e. The number of carbonyl (C=O) groups excluding carboxylic acids is 1. The molecular formula is C19H35IN4O2. The van der Waals surface area contributed by atoms with Crippen LogP contribution in [0.25, 0.3) is 0 Å². The van der Waals surface area contributed by atoms with Crippen molar-refractivity contribution in [2.45, 2.75) is 51.5 Å². The lowest BCUT2D eigenvalue weighted by molar-refractivity contribution is -0.146. The number of hydrogen-bond donors (Lipinski definition) is 1. The minimum Gasteiger partial charge on any atom is -0.469 e. The third-order valence-electron chi connectivity index (χ3n) is 5.57. The van der Waals surface area contributed by atoms with Gasteiger partial charge >= 0.3 is 5.97 Å². The Morgan fingerprint density at radius 1 is 1.19 bits per heavy atom. The number of ether oxygens (including phenoxy) is 1. The predicted octanol–water partition coefficient (Wildman–Crippen LogP) is 2.33. The average molecular weight is 478 g/mol. The number of piperidine rings is 1. The van der Waals surface area contributed by atoms with E-state index >= 15 is 0 Å². The van der Waals surface area contributed by atoms with Crippen LogP contribution >= 0.6 is 24.0 Å². The maximum atomic E-state index is 11.7. The Morgan fingerprint density at radius 2 is 1.88 bits per heavy atom. The van der Waals surface area contributed by atoms with Gasteiger partial charge in [-0.3, -0.25) is 14.7 Å². The van der Waals surface area contributed by atoms with Crippen molar-refractivity contribution >= 4 is 35.9 Å². The zero-order chi connectivity index (χ0) is 17.6. The van der Waals surface area contributed by atoms with Crippen LogP contribution in [0.2, 0.25) is 0 Å². The van der Waals surface area contributed by atoms with Crippen molar-refractivity contribution in [3.63, 3.8) is 0 Å². The molecule has 1 N–H and O–H groups in total. The van der Waals surface area contributed by atoms with Gasteiger partial charge in [0.1, 0.15) is 0 Å². The number of nitrogens with one attached hydrogen (secondary N) is 1. The molecule has 3 rings (SSSR count). The van der Waals surface area contributed by atoms with Gasteiger partial charge in [0, 0.05) is 38.8 Å². The fourth-order valence-corrected chi connectivity index (χ4v) is 3.70. The van der Waals surface area contributed by atoms with Gasteiger partial charge in [-0.1, -0.05) is 0 Å². The molecule has 6 nitrogen and oxygen atoms in total. The van der Waals surface area contributed by atoms with E-state index < -0.39 is 0 Å². The standard InChI is InChI=1S/C19H34N4O2.HI/c1-3-20-19(22-11-8-16(9-12-22)18(24)25-2)21-10-13-23(17-6-7-17)14-15-4-5-15;/h15-17H,3-14H2,1-2H3,(H,20,21);1H. The molecule has 1 heterocycles. The molecule has 2 saturated carbocycles. The highest BCUT2D eigenvalue weighted by Crippen LogP contribution is 2.34. The number of nitrogens with zero attached hydrogens (tertiary/aromatic N) is 3. The summed E-state index contributed by atoms with van der Waals surface area (Å²) in [5, 5.41) is 3.42. The average Bonchev–Trinajstić information content (AvgIpc) is 3.53. The topological polar surface area (TPSA) is 57.2 Å². The second kappa shape index (κ2) is 10.7. The van der Waals surface area contributed by atoms with E-state index in [0.29, 0.717) is 0 Å². The van der Waals surface area contributed by atoms with Crippen LogP contribution in [0, 0.1) is 11.8 Å². The van der Waals surface area contributed by atoms with Crippen LogP contribution in [0.1, 0.15) is 45.4 Å². The fourth-order valence-electron chi connectivity index (χ4n) is 3.70. The number of hydrogen-bond acceptors (Lipinski definition) is 4. The Balaban J connectivity index is 0.00000243. The molecule has 0 aromatic heterocycles. The van der Waals surface area contributed by atoms with Gasteiger partial charge in [-0.2, -0.15) is 0 Å². The van der Waals surface area contributed by atoms with Gasteiger partial charge in [-0.05, 0) is 51.4 Å². The first-order valence-electron chi connectivity index (χ1n) is 10.1. The predicted molar refractivity (Wildman–Crippen MR) is 115 cm³/mol. The normalized spacial score (nSPS) is 21.5. The molecule has 7 heteroatoms. The van der Waals surface area contributed by atoms with Crippen molar-refractivity contribution in [2.24, 2.45) is 16.8 Å². The summed E-state index contributed by atoms with van der Waals surface area (Å²) in [6.45, 7) is 7.96. The fraction of sp³-hybridized carbons (Fsp3) is 0.895. The summed E-state index contributed by atoms with van der Waals surface area (Å²) in [6, 6.07) is 0.828. The summed E-state index contributed by atoms with van der Waals surface area (Å²) in [4.78, 5) is 21.5. The van der Waals surface area contributed by atoms with Gasteiger partial charge in [0.2, 0.25) is 0 Å². The van der Waals surface area contributed by atoms with Gasteiger partial charge in [-0.25, -0.2) is 0 Å². The zero-order valence-electron chi connectivity index (χ0n) is 16.3. The van der Waals surface area contributed by atoms with Crippen LogP contribution in [-0.2, 0) is 9.53 Å². The quantitative estimate of drug-likeness (QED) is 0.251. The number of esters is 1. The minimum absolute atomic E-state index is 0. The largest absolute Gasteiger partial charge is 0.469 e. The van der Waals surface area contributed by atoms with Crippen molar-refractivity contribution in [3.8, 4) is 0 Å². The Kier molecular flexibility index (Phi) is 8.93. The molecule has 2 aliphatic carbocycles. The van der Waals surface area contributed by atoms with Crippen LogP contribution < -0.4 is 5.32 Å². The lowest BCUT2D eigenvalue weighted by atomic mass is 9.97. The Labute approximate surface area is 175 Å². The Hall–Kier alpha value is -0.570. The maximum Gasteiger partial charge on any atom is 0.308 e. The number of rotatable bonds is 8. The number of halogens is 1. The summed E-state index contributed by atoms with van der Waals surface area (Å²) in [5.74, 6) is 1.94. The molecule has 3 fully saturated rings. The van der Waals surface area contributed by atoms with Gasteiger partial charge in [0.25, 0.3) is 0 Å². The molecule has 0 aromatic carbocycles. The number of guanidine groups is 1. The lowest BCUT2D eigenvalue weighted by Crippen LogP contribution is -2.47. The highest BCUT2D eigenvalue weighted by Gasteiger charge is 2.33. The van der Waals surface area contributed by atoms with Crippen molar-refractivity contribution in [3.05, 3.63) is 0 Å². The molecule has 1 saturated heterocycles. The number of likely N-dealkylation sites (tertiary alicyclic amines) is 1. The molecule has 0 bridgehead atoms. The van der Waals surface area contributed by atoms with Crippen LogP contribution in [0.5, 0.6) is 0 Å². The Morgan fingerprint density at radius 3 is 2.42 bits per heavy atom. The summed E-state index contributed by atoms with van der Waals surface area (Å²) in [5.41, 5.74) is 0. The van der Waals surface area contributed by atoms with Crippen molar-refractivity contribution < 1.29 is 9.53 Å². The first kappa shape index (κ1) is 21.7. The molecule has 150 valence electrons. The van der Waals surface area contributed by atoms with Crippen LogP contribution in [0.3, 0.4) is 0 Å². The van der Waals surface area contributed by atoms with Gasteiger partial charge < -0.3 is 15.0 Å². The minimum atomic E-state index is -0.0678. The molecular weight excluding hydrogens is 443 g/mol. The van der Waals surface area contributed by atoms with Crippen LogP contribution in [0.4, 0.5) is 0 Å². The SMILES string of the molecule is CCNC(=NCCN(CC1CC1)C1CC1)N1CCC(C(=O)OC)CC1.I. The number of carbonyl (C=O) groups is 1. The third kappa shape index (κ3) is 6.55. The molecule has 0 radical (unpaired) electrons. The Bertz CT molecular complexity index is 472. The molecule has 0 unspecified atom stereocenters. The molecule has 0 amide bonds. The molecule has 3 aliphatic rings. The van der Waals surface area contributed by atoms with E-state index in [4.69, 9.17) is 9.73 Å². The second-order valence-corrected chi connectivity index (χ2v) is 7.69. The van der Waals surface area contributed by atoms with Crippen LogP contribution in [0.15, 0.2) is 4.99 Å². The van der Waals surface area contributed by atoms with E-state index in [9.17, 15) is 4.79 Å².